The minimum Gasteiger partial charge on any atom is -0.459 e. The Kier molecular flexibility index (Phi) is 5.56. The fraction of sp³-hybridized carbons (Fsp3) is 0.462. The number of ether oxygens (including phenoxy) is 1. The number of carbonyl (C=O) groups is 1. The topological polar surface area (TPSA) is 72.5 Å². The Morgan fingerprint density at radius 3 is 2.20 bits per heavy atom. The highest BCUT2D eigenvalue weighted by Crippen LogP contribution is 2.13. The van der Waals surface area contributed by atoms with Crippen LogP contribution in [0.5, 0.6) is 0 Å². The molecule has 112 valence electrons. The van der Waals surface area contributed by atoms with Gasteiger partial charge in [-0.2, -0.15) is 4.72 Å². The summed E-state index contributed by atoms with van der Waals surface area (Å²) in [5.74, 6) is -0.605. The van der Waals surface area contributed by atoms with Crippen LogP contribution < -0.4 is 4.72 Å². The van der Waals surface area contributed by atoms with E-state index in [-0.39, 0.29) is 4.90 Å². The van der Waals surface area contributed by atoms with Gasteiger partial charge in [0.15, 0.2) is 0 Å². The van der Waals surface area contributed by atoms with Gasteiger partial charge in [0.1, 0.15) is 11.6 Å². The Bertz CT molecular complexity index is 575. The molecule has 0 aromatic heterocycles. The summed E-state index contributed by atoms with van der Waals surface area (Å²) in [4.78, 5) is 11.9. The molecule has 1 atom stereocenters. The molecule has 0 saturated heterocycles. The third-order valence-corrected chi connectivity index (χ3v) is 4.49. The summed E-state index contributed by atoms with van der Waals surface area (Å²) < 4.78 is 32.6. The van der Waals surface area contributed by atoms with E-state index in [1.54, 1.807) is 32.9 Å². The van der Waals surface area contributed by atoms with Crippen molar-refractivity contribution in [2.24, 2.45) is 0 Å². The first-order valence-electron chi connectivity index (χ1n) is 6.02. The van der Waals surface area contributed by atoms with E-state index in [1.165, 1.54) is 19.1 Å². The number of benzene rings is 1. The van der Waals surface area contributed by atoms with E-state index in [4.69, 9.17) is 4.74 Å². The number of nitrogens with one attached hydrogen (secondary N) is 1. The Morgan fingerprint density at radius 1 is 1.25 bits per heavy atom. The number of hydrogen-bond acceptors (Lipinski definition) is 4. The molecule has 1 rings (SSSR count). The molecule has 0 heterocycles. The second-order valence-electron chi connectivity index (χ2n) is 5.33. The first kappa shape index (κ1) is 17.4. The molecule has 5 nitrogen and oxygen atoms in total. The average molecular weight is 411 g/mol. The van der Waals surface area contributed by atoms with Gasteiger partial charge in [-0.3, -0.25) is 4.79 Å². The fourth-order valence-electron chi connectivity index (χ4n) is 1.35. The van der Waals surface area contributed by atoms with Crippen molar-refractivity contribution >= 4 is 38.6 Å². The van der Waals surface area contributed by atoms with Gasteiger partial charge >= 0.3 is 5.97 Å². The Balaban J connectivity index is 2.81. The Morgan fingerprint density at radius 2 is 1.75 bits per heavy atom. The number of hydrogen-bond donors (Lipinski definition) is 1. The van der Waals surface area contributed by atoms with E-state index in [9.17, 15) is 13.2 Å². The maximum absolute atomic E-state index is 12.1. The third-order valence-electron chi connectivity index (χ3n) is 2.22. The van der Waals surface area contributed by atoms with Crippen LogP contribution in [0, 0.1) is 3.57 Å². The summed E-state index contributed by atoms with van der Waals surface area (Å²) in [5.41, 5.74) is -0.653. The summed E-state index contributed by atoms with van der Waals surface area (Å²) in [5, 5.41) is 0. The van der Waals surface area contributed by atoms with Crippen LogP contribution in [-0.2, 0) is 19.6 Å². The molecule has 0 aliphatic carbocycles. The van der Waals surface area contributed by atoms with Crippen LogP contribution in [0.3, 0.4) is 0 Å². The molecule has 1 aromatic rings. The van der Waals surface area contributed by atoms with Gasteiger partial charge < -0.3 is 4.74 Å². The lowest BCUT2D eigenvalue weighted by molar-refractivity contribution is -0.156. The van der Waals surface area contributed by atoms with E-state index in [0.717, 1.165) is 3.57 Å². The first-order valence-corrected chi connectivity index (χ1v) is 8.58. The average Bonchev–Trinajstić information content (AvgIpc) is 2.26. The molecule has 7 heteroatoms. The third kappa shape index (κ3) is 5.37. The molecular formula is C13H18INO4S. The lowest BCUT2D eigenvalue weighted by Gasteiger charge is -2.22. The summed E-state index contributed by atoms with van der Waals surface area (Å²) in [6.45, 7) is 6.64. The molecule has 0 bridgehead atoms. The first-order chi connectivity index (χ1) is 9.01. The molecule has 0 aliphatic rings. The number of carbonyl (C=O) groups excluding carboxylic acids is 1. The zero-order chi connectivity index (χ0) is 15.6. The molecule has 0 amide bonds. The highest BCUT2D eigenvalue weighted by molar-refractivity contribution is 14.1. The van der Waals surface area contributed by atoms with Crippen molar-refractivity contribution in [1.82, 2.24) is 4.72 Å². The molecule has 0 saturated carbocycles. The molecule has 0 radical (unpaired) electrons. The molecule has 20 heavy (non-hydrogen) atoms. The highest BCUT2D eigenvalue weighted by atomic mass is 127. The van der Waals surface area contributed by atoms with E-state index in [2.05, 4.69) is 27.3 Å². The van der Waals surface area contributed by atoms with Gasteiger partial charge in [-0.05, 0) is 74.6 Å². The van der Waals surface area contributed by atoms with Gasteiger partial charge in [-0.15, -0.1) is 0 Å². The van der Waals surface area contributed by atoms with Crippen molar-refractivity contribution in [1.29, 1.82) is 0 Å². The standard InChI is InChI=1S/C13H18INO4S/c1-9(12(16)19-13(2,3)4)15-20(17,18)11-7-5-10(14)6-8-11/h5-9,15H,1-4H3/t9-/m1/s1. The maximum atomic E-state index is 12.1. The largest absolute Gasteiger partial charge is 0.459 e. The molecule has 1 N–H and O–H groups in total. The molecule has 0 aliphatic heterocycles. The second kappa shape index (κ2) is 6.40. The van der Waals surface area contributed by atoms with Crippen LogP contribution in [-0.4, -0.2) is 26.0 Å². The van der Waals surface area contributed by atoms with Crippen LogP contribution in [0.15, 0.2) is 29.2 Å². The van der Waals surface area contributed by atoms with Crippen LogP contribution in [0.25, 0.3) is 0 Å². The smallest absolute Gasteiger partial charge is 0.324 e. The quantitative estimate of drug-likeness (QED) is 0.610. The van der Waals surface area contributed by atoms with Crippen molar-refractivity contribution in [3.8, 4) is 0 Å². The van der Waals surface area contributed by atoms with Crippen LogP contribution in [0.4, 0.5) is 0 Å². The number of esters is 1. The predicted molar refractivity (Wildman–Crippen MR) is 84.8 cm³/mol. The molecule has 0 unspecified atom stereocenters. The molecular weight excluding hydrogens is 393 g/mol. The second-order valence-corrected chi connectivity index (χ2v) is 8.29. The van der Waals surface area contributed by atoms with Gasteiger partial charge in [-0.1, -0.05) is 0 Å². The Hall–Kier alpha value is -0.670. The lowest BCUT2D eigenvalue weighted by atomic mass is 10.2. The van der Waals surface area contributed by atoms with E-state index in [1.807, 2.05) is 0 Å². The highest BCUT2D eigenvalue weighted by Gasteiger charge is 2.26. The summed E-state index contributed by atoms with van der Waals surface area (Å²) in [6, 6.07) is 5.41. The molecule has 1 aromatic carbocycles. The van der Waals surface area contributed by atoms with Gasteiger partial charge in [0, 0.05) is 3.57 Å². The summed E-state index contributed by atoms with van der Waals surface area (Å²) in [6.07, 6.45) is 0. The predicted octanol–water partition coefficient (Wildman–Crippen LogP) is 2.30. The molecule has 0 spiro atoms. The number of halogens is 1. The fourth-order valence-corrected chi connectivity index (χ4v) is 2.90. The zero-order valence-electron chi connectivity index (χ0n) is 11.8. The van der Waals surface area contributed by atoms with Crippen molar-refractivity contribution in [2.45, 2.75) is 44.2 Å². The maximum Gasteiger partial charge on any atom is 0.324 e. The van der Waals surface area contributed by atoms with Crippen molar-refractivity contribution < 1.29 is 17.9 Å². The summed E-state index contributed by atoms with van der Waals surface area (Å²) >= 11 is 2.09. The summed E-state index contributed by atoms with van der Waals surface area (Å²) in [7, 11) is -3.73. The van der Waals surface area contributed by atoms with Crippen molar-refractivity contribution in [3.05, 3.63) is 27.8 Å². The van der Waals surface area contributed by atoms with Gasteiger partial charge in [0.25, 0.3) is 0 Å². The number of rotatable bonds is 4. The van der Waals surface area contributed by atoms with E-state index >= 15 is 0 Å². The van der Waals surface area contributed by atoms with E-state index in [0.29, 0.717) is 0 Å². The lowest BCUT2D eigenvalue weighted by Crippen LogP contribution is -2.42. The minimum absolute atomic E-state index is 0.119. The normalized spacial score (nSPS) is 13.8. The zero-order valence-corrected chi connectivity index (χ0v) is 14.8. The SMILES string of the molecule is C[C@@H](NS(=O)(=O)c1ccc(I)cc1)C(=O)OC(C)(C)C. The van der Waals surface area contributed by atoms with Gasteiger partial charge in [0.2, 0.25) is 10.0 Å². The van der Waals surface area contributed by atoms with Crippen LogP contribution in [0.1, 0.15) is 27.7 Å². The minimum atomic E-state index is -3.73. The van der Waals surface area contributed by atoms with E-state index < -0.39 is 27.6 Å². The van der Waals surface area contributed by atoms with Crippen molar-refractivity contribution in [3.63, 3.8) is 0 Å². The van der Waals surface area contributed by atoms with Crippen LogP contribution >= 0.6 is 22.6 Å². The monoisotopic (exact) mass is 411 g/mol. The molecule has 0 fully saturated rings. The van der Waals surface area contributed by atoms with Crippen LogP contribution in [0.2, 0.25) is 0 Å². The van der Waals surface area contributed by atoms with Gasteiger partial charge in [0.05, 0.1) is 4.90 Å². The number of sulfonamides is 1. The van der Waals surface area contributed by atoms with Gasteiger partial charge in [-0.25, -0.2) is 8.42 Å². The van der Waals surface area contributed by atoms with Crippen molar-refractivity contribution in [2.75, 3.05) is 0 Å². The Labute approximate surface area is 133 Å².